The lowest BCUT2D eigenvalue weighted by atomic mass is 10.1. The molecule has 1 aromatic heterocycles. The summed E-state index contributed by atoms with van der Waals surface area (Å²) in [5.41, 5.74) is 2.23. The van der Waals surface area contributed by atoms with E-state index in [-0.39, 0.29) is 10.7 Å². The molecule has 0 fully saturated rings. The molecule has 0 unspecified atom stereocenters. The van der Waals surface area contributed by atoms with Gasteiger partial charge in [-0.3, -0.25) is 9.89 Å². The Morgan fingerprint density at radius 3 is 2.56 bits per heavy atom. The Kier molecular flexibility index (Phi) is 4.02. The molecule has 16 heavy (non-hydrogen) atoms. The van der Waals surface area contributed by atoms with Gasteiger partial charge in [0.1, 0.15) is 0 Å². The van der Waals surface area contributed by atoms with Crippen LogP contribution in [0.15, 0.2) is 0 Å². The van der Waals surface area contributed by atoms with E-state index in [0.717, 1.165) is 11.4 Å². The summed E-state index contributed by atoms with van der Waals surface area (Å²) in [5, 5.41) is 9.76. The maximum atomic E-state index is 11.9. The fraction of sp³-hybridized carbons (Fsp3) is 0.636. The molecular weight excluding hydrogens is 222 g/mol. The number of amides is 1. The first-order valence-electron chi connectivity index (χ1n) is 5.22. The van der Waals surface area contributed by atoms with Crippen LogP contribution in [-0.2, 0) is 0 Å². The molecule has 0 atom stereocenters. The van der Waals surface area contributed by atoms with Crippen molar-refractivity contribution >= 4 is 17.7 Å². The summed E-state index contributed by atoms with van der Waals surface area (Å²) >= 11 is 1.74. The Balaban J connectivity index is 2.67. The normalized spacial score (nSPS) is 11.6. The van der Waals surface area contributed by atoms with E-state index in [9.17, 15) is 4.79 Å². The number of thioether (sulfide) groups is 1. The van der Waals surface area contributed by atoms with Crippen molar-refractivity contribution < 1.29 is 4.79 Å². The molecule has 0 radical (unpaired) electrons. The fourth-order valence-corrected chi connectivity index (χ4v) is 1.56. The Hall–Kier alpha value is -0.970. The van der Waals surface area contributed by atoms with Gasteiger partial charge in [-0.2, -0.15) is 16.9 Å². The Bertz CT molecular complexity index is 365. The van der Waals surface area contributed by atoms with E-state index in [0.29, 0.717) is 12.1 Å². The highest BCUT2D eigenvalue weighted by Crippen LogP contribution is 2.20. The first kappa shape index (κ1) is 13.1. The lowest BCUT2D eigenvalue weighted by molar-refractivity contribution is 0.0949. The standard InChI is InChI=1S/C11H19N3OS/c1-7-9(8(2)14-13-7)10(15)12-6-11(3,4)16-5/h6H2,1-5H3,(H,12,15)(H,13,14). The van der Waals surface area contributed by atoms with E-state index in [4.69, 9.17) is 0 Å². The third kappa shape index (κ3) is 3.01. The third-order valence-corrected chi connectivity index (χ3v) is 3.83. The minimum Gasteiger partial charge on any atom is -0.351 e. The van der Waals surface area contributed by atoms with Crippen LogP contribution in [0.4, 0.5) is 0 Å². The number of hydrogen-bond acceptors (Lipinski definition) is 3. The zero-order chi connectivity index (χ0) is 12.3. The lowest BCUT2D eigenvalue weighted by Crippen LogP contribution is -2.36. The second kappa shape index (κ2) is 4.91. The number of carbonyl (C=O) groups excluding carboxylic acids is 1. The van der Waals surface area contributed by atoms with Crippen molar-refractivity contribution in [1.29, 1.82) is 0 Å². The van der Waals surface area contributed by atoms with E-state index in [1.165, 1.54) is 0 Å². The molecule has 5 heteroatoms. The van der Waals surface area contributed by atoms with Crippen LogP contribution >= 0.6 is 11.8 Å². The highest BCUT2D eigenvalue weighted by Gasteiger charge is 2.20. The number of aromatic amines is 1. The van der Waals surface area contributed by atoms with Gasteiger partial charge in [0.15, 0.2) is 0 Å². The van der Waals surface area contributed by atoms with E-state index < -0.39 is 0 Å². The molecule has 4 nitrogen and oxygen atoms in total. The van der Waals surface area contributed by atoms with E-state index in [2.05, 4.69) is 29.4 Å². The molecule has 0 spiro atoms. The Morgan fingerprint density at radius 2 is 2.12 bits per heavy atom. The van der Waals surface area contributed by atoms with Crippen LogP contribution < -0.4 is 5.32 Å². The summed E-state index contributed by atoms with van der Waals surface area (Å²) < 4.78 is 0.0568. The van der Waals surface area contributed by atoms with Gasteiger partial charge in [0, 0.05) is 17.0 Å². The van der Waals surface area contributed by atoms with Crippen LogP contribution in [0.5, 0.6) is 0 Å². The lowest BCUT2D eigenvalue weighted by Gasteiger charge is -2.22. The maximum Gasteiger partial charge on any atom is 0.255 e. The number of H-pyrrole nitrogens is 1. The topological polar surface area (TPSA) is 57.8 Å². The molecule has 0 saturated heterocycles. The number of carbonyl (C=O) groups is 1. The second-order valence-electron chi connectivity index (χ2n) is 4.46. The van der Waals surface area contributed by atoms with Crippen molar-refractivity contribution in [2.45, 2.75) is 32.4 Å². The molecule has 1 rings (SSSR count). The summed E-state index contributed by atoms with van der Waals surface area (Å²) in [6.07, 6.45) is 2.04. The van der Waals surface area contributed by atoms with E-state index >= 15 is 0 Å². The van der Waals surface area contributed by atoms with Gasteiger partial charge < -0.3 is 5.32 Å². The van der Waals surface area contributed by atoms with Crippen molar-refractivity contribution in [3.63, 3.8) is 0 Å². The molecule has 1 aromatic rings. The molecule has 0 saturated carbocycles. The van der Waals surface area contributed by atoms with Crippen molar-refractivity contribution in [1.82, 2.24) is 15.5 Å². The summed E-state index contributed by atoms with van der Waals surface area (Å²) in [6.45, 7) is 8.55. The van der Waals surface area contributed by atoms with Gasteiger partial charge >= 0.3 is 0 Å². The zero-order valence-corrected chi connectivity index (χ0v) is 11.3. The zero-order valence-electron chi connectivity index (χ0n) is 10.5. The first-order chi connectivity index (χ1) is 7.37. The van der Waals surface area contributed by atoms with Gasteiger partial charge in [-0.15, -0.1) is 0 Å². The van der Waals surface area contributed by atoms with Crippen molar-refractivity contribution in [3.8, 4) is 0 Å². The summed E-state index contributed by atoms with van der Waals surface area (Å²) in [5.74, 6) is -0.0501. The summed E-state index contributed by atoms with van der Waals surface area (Å²) in [6, 6.07) is 0. The SMILES string of the molecule is CSC(C)(C)CNC(=O)c1c(C)n[nH]c1C. The third-order valence-electron chi connectivity index (χ3n) is 2.58. The van der Waals surface area contributed by atoms with Gasteiger partial charge in [-0.05, 0) is 34.0 Å². The predicted molar refractivity (Wildman–Crippen MR) is 68.0 cm³/mol. The molecule has 90 valence electrons. The van der Waals surface area contributed by atoms with Crippen LogP contribution in [0.3, 0.4) is 0 Å². The average Bonchev–Trinajstić information content (AvgIpc) is 2.55. The predicted octanol–water partition coefficient (Wildman–Crippen LogP) is 1.90. The van der Waals surface area contributed by atoms with Gasteiger partial charge in [0.2, 0.25) is 0 Å². The fourth-order valence-electron chi connectivity index (χ4n) is 1.34. The number of nitrogens with one attached hydrogen (secondary N) is 2. The quantitative estimate of drug-likeness (QED) is 0.846. The maximum absolute atomic E-state index is 11.9. The molecule has 0 aliphatic rings. The van der Waals surface area contributed by atoms with Crippen molar-refractivity contribution in [3.05, 3.63) is 17.0 Å². The van der Waals surface area contributed by atoms with Gasteiger partial charge in [0.05, 0.1) is 11.3 Å². The summed E-state index contributed by atoms with van der Waals surface area (Å²) in [4.78, 5) is 11.9. The average molecular weight is 241 g/mol. The van der Waals surface area contributed by atoms with Gasteiger partial charge in [-0.25, -0.2) is 0 Å². The van der Waals surface area contributed by atoms with Gasteiger partial charge in [-0.1, -0.05) is 0 Å². The van der Waals surface area contributed by atoms with E-state index in [1.807, 2.05) is 20.1 Å². The van der Waals surface area contributed by atoms with Crippen LogP contribution in [0.2, 0.25) is 0 Å². The van der Waals surface area contributed by atoms with Crippen LogP contribution in [-0.4, -0.2) is 33.7 Å². The number of aryl methyl sites for hydroxylation is 2. The van der Waals surface area contributed by atoms with Crippen LogP contribution in [0, 0.1) is 13.8 Å². The van der Waals surface area contributed by atoms with Crippen molar-refractivity contribution in [2.75, 3.05) is 12.8 Å². The minimum atomic E-state index is -0.0501. The smallest absolute Gasteiger partial charge is 0.255 e. The molecule has 2 N–H and O–H groups in total. The molecule has 0 aliphatic heterocycles. The molecule has 1 heterocycles. The monoisotopic (exact) mass is 241 g/mol. The number of rotatable bonds is 4. The Morgan fingerprint density at radius 1 is 1.50 bits per heavy atom. The number of aromatic nitrogens is 2. The molecule has 1 amide bonds. The molecule has 0 aliphatic carbocycles. The second-order valence-corrected chi connectivity index (χ2v) is 5.97. The largest absolute Gasteiger partial charge is 0.351 e. The number of nitrogens with zero attached hydrogens (tertiary/aromatic N) is 1. The van der Waals surface area contributed by atoms with Gasteiger partial charge in [0.25, 0.3) is 5.91 Å². The summed E-state index contributed by atoms with van der Waals surface area (Å²) in [7, 11) is 0. The molecule has 0 aromatic carbocycles. The molecule has 0 bridgehead atoms. The Labute approximate surface area is 101 Å². The first-order valence-corrected chi connectivity index (χ1v) is 6.45. The highest BCUT2D eigenvalue weighted by atomic mass is 32.2. The van der Waals surface area contributed by atoms with Crippen LogP contribution in [0.1, 0.15) is 35.6 Å². The number of hydrogen-bond donors (Lipinski definition) is 2. The van der Waals surface area contributed by atoms with E-state index in [1.54, 1.807) is 11.8 Å². The highest BCUT2D eigenvalue weighted by molar-refractivity contribution is 7.99. The molecular formula is C11H19N3OS. The van der Waals surface area contributed by atoms with Crippen LogP contribution in [0.25, 0.3) is 0 Å². The van der Waals surface area contributed by atoms with Crippen molar-refractivity contribution in [2.24, 2.45) is 0 Å². The minimum absolute atomic E-state index is 0.0501.